The number of carbonyl (C=O) groups excluding carboxylic acids is 1. The summed E-state index contributed by atoms with van der Waals surface area (Å²) in [6, 6.07) is 8.89. The van der Waals surface area contributed by atoms with E-state index in [2.05, 4.69) is 10.4 Å². The van der Waals surface area contributed by atoms with Crippen molar-refractivity contribution in [2.75, 3.05) is 12.3 Å². The third kappa shape index (κ3) is 3.56. The summed E-state index contributed by atoms with van der Waals surface area (Å²) < 4.78 is 1.45. The minimum absolute atomic E-state index is 0.0700. The first-order chi connectivity index (χ1) is 9.19. The van der Waals surface area contributed by atoms with Gasteiger partial charge in [-0.2, -0.15) is 5.10 Å². The second kappa shape index (κ2) is 6.01. The average molecular weight is 260 g/mol. The number of carbonyl (C=O) groups is 1. The topological polar surface area (TPSA) is 93.2 Å². The molecule has 100 valence electrons. The van der Waals surface area contributed by atoms with Crippen LogP contribution >= 0.6 is 0 Å². The molecule has 4 N–H and O–H groups in total. The predicted octanol–water partition coefficient (Wildman–Crippen LogP) is 0.315. The lowest BCUT2D eigenvalue weighted by molar-refractivity contribution is -0.122. The Morgan fingerprint density at radius 1 is 1.42 bits per heavy atom. The van der Waals surface area contributed by atoms with Gasteiger partial charge >= 0.3 is 0 Å². The van der Waals surface area contributed by atoms with Crippen molar-refractivity contribution in [1.29, 1.82) is 0 Å². The highest BCUT2D eigenvalue weighted by molar-refractivity contribution is 5.76. The van der Waals surface area contributed by atoms with Crippen LogP contribution in [0.15, 0.2) is 42.7 Å². The van der Waals surface area contributed by atoms with Gasteiger partial charge in [0.1, 0.15) is 6.54 Å². The molecule has 1 unspecified atom stereocenters. The maximum Gasteiger partial charge on any atom is 0.242 e. The van der Waals surface area contributed by atoms with Crippen molar-refractivity contribution >= 4 is 11.6 Å². The Balaban J connectivity index is 1.97. The maximum atomic E-state index is 11.8. The van der Waals surface area contributed by atoms with E-state index in [9.17, 15) is 9.90 Å². The Kier molecular flexibility index (Phi) is 4.15. The predicted molar refractivity (Wildman–Crippen MR) is 71.1 cm³/mol. The Morgan fingerprint density at radius 3 is 2.74 bits per heavy atom. The first-order valence-electron chi connectivity index (χ1n) is 5.92. The van der Waals surface area contributed by atoms with Crippen LogP contribution in [-0.4, -0.2) is 27.4 Å². The Labute approximate surface area is 110 Å². The molecule has 6 nitrogen and oxygen atoms in total. The van der Waals surface area contributed by atoms with Crippen LogP contribution in [0.1, 0.15) is 11.6 Å². The van der Waals surface area contributed by atoms with Crippen molar-refractivity contribution < 1.29 is 9.90 Å². The molecule has 0 bridgehead atoms. The van der Waals surface area contributed by atoms with Crippen molar-refractivity contribution in [3.63, 3.8) is 0 Å². The summed E-state index contributed by atoms with van der Waals surface area (Å²) in [5.41, 5.74) is 6.89. The van der Waals surface area contributed by atoms with E-state index in [4.69, 9.17) is 5.73 Å². The number of amides is 1. The van der Waals surface area contributed by atoms with E-state index >= 15 is 0 Å². The van der Waals surface area contributed by atoms with Gasteiger partial charge in [-0.25, -0.2) is 0 Å². The van der Waals surface area contributed by atoms with Gasteiger partial charge < -0.3 is 16.2 Å². The minimum Gasteiger partial charge on any atom is -0.396 e. The largest absolute Gasteiger partial charge is 0.396 e. The van der Waals surface area contributed by atoms with Crippen LogP contribution in [0, 0.1) is 0 Å². The lowest BCUT2D eigenvalue weighted by Crippen LogP contribution is -2.33. The van der Waals surface area contributed by atoms with Gasteiger partial charge in [-0.1, -0.05) is 30.3 Å². The molecule has 1 aromatic heterocycles. The summed E-state index contributed by atoms with van der Waals surface area (Å²) in [5.74, 6) is -0.231. The number of rotatable bonds is 5. The molecule has 0 saturated heterocycles. The normalized spacial score (nSPS) is 12.1. The highest BCUT2D eigenvalue weighted by Gasteiger charge is 2.13. The van der Waals surface area contributed by atoms with Crippen LogP contribution < -0.4 is 11.1 Å². The van der Waals surface area contributed by atoms with Gasteiger partial charge in [0.2, 0.25) is 5.91 Å². The van der Waals surface area contributed by atoms with E-state index < -0.39 is 6.04 Å². The molecule has 1 heterocycles. The lowest BCUT2D eigenvalue weighted by Gasteiger charge is -2.16. The molecule has 0 aliphatic carbocycles. The fourth-order valence-electron chi connectivity index (χ4n) is 1.77. The highest BCUT2D eigenvalue weighted by Crippen LogP contribution is 2.11. The molecule has 0 radical (unpaired) electrons. The highest BCUT2D eigenvalue weighted by atomic mass is 16.3. The summed E-state index contributed by atoms with van der Waals surface area (Å²) in [7, 11) is 0. The summed E-state index contributed by atoms with van der Waals surface area (Å²) in [4.78, 5) is 11.8. The van der Waals surface area contributed by atoms with E-state index in [0.29, 0.717) is 5.69 Å². The maximum absolute atomic E-state index is 11.8. The van der Waals surface area contributed by atoms with Gasteiger partial charge in [0, 0.05) is 6.20 Å². The lowest BCUT2D eigenvalue weighted by atomic mass is 10.1. The summed E-state index contributed by atoms with van der Waals surface area (Å²) in [5, 5.41) is 16.0. The molecule has 0 fully saturated rings. The van der Waals surface area contributed by atoms with Crippen molar-refractivity contribution in [2.45, 2.75) is 12.6 Å². The van der Waals surface area contributed by atoms with E-state index in [1.54, 1.807) is 6.20 Å². The summed E-state index contributed by atoms with van der Waals surface area (Å²) >= 11 is 0. The molecule has 6 heteroatoms. The van der Waals surface area contributed by atoms with Crippen molar-refractivity contribution in [3.8, 4) is 0 Å². The van der Waals surface area contributed by atoms with Crippen LogP contribution in [-0.2, 0) is 11.3 Å². The molecule has 19 heavy (non-hydrogen) atoms. The number of nitrogens with one attached hydrogen (secondary N) is 1. The number of nitrogens with zero attached hydrogens (tertiary/aromatic N) is 2. The number of benzene rings is 1. The third-order valence-corrected chi connectivity index (χ3v) is 2.68. The second-order valence-electron chi connectivity index (χ2n) is 4.18. The Morgan fingerprint density at radius 2 is 2.16 bits per heavy atom. The third-order valence-electron chi connectivity index (χ3n) is 2.68. The van der Waals surface area contributed by atoms with Gasteiger partial charge in [0.15, 0.2) is 0 Å². The first-order valence-corrected chi connectivity index (χ1v) is 5.92. The molecule has 0 spiro atoms. The fraction of sp³-hybridized carbons (Fsp3) is 0.231. The number of aromatic nitrogens is 2. The van der Waals surface area contributed by atoms with Gasteiger partial charge in [0.25, 0.3) is 0 Å². The zero-order chi connectivity index (χ0) is 13.7. The second-order valence-corrected chi connectivity index (χ2v) is 4.18. The zero-order valence-electron chi connectivity index (χ0n) is 10.4. The van der Waals surface area contributed by atoms with Crippen LogP contribution in [0.4, 0.5) is 5.69 Å². The fourth-order valence-corrected chi connectivity index (χ4v) is 1.77. The van der Waals surface area contributed by atoms with Crippen LogP contribution in [0.5, 0.6) is 0 Å². The van der Waals surface area contributed by atoms with Crippen molar-refractivity contribution in [2.24, 2.45) is 0 Å². The standard InChI is InChI=1S/C13H16N4O2/c14-11-6-15-17(7-11)8-13(19)16-12(9-18)10-4-2-1-3-5-10/h1-7,12,18H,8-9,14H2,(H,16,19). The molecule has 0 saturated carbocycles. The number of hydrogen-bond donors (Lipinski definition) is 3. The van der Waals surface area contributed by atoms with Crippen LogP contribution in [0.3, 0.4) is 0 Å². The number of aliphatic hydroxyl groups excluding tert-OH is 1. The van der Waals surface area contributed by atoms with E-state index in [1.807, 2.05) is 30.3 Å². The van der Waals surface area contributed by atoms with Gasteiger partial charge in [-0.15, -0.1) is 0 Å². The SMILES string of the molecule is Nc1cnn(CC(=O)NC(CO)c2ccccc2)c1. The monoisotopic (exact) mass is 260 g/mol. The molecule has 2 rings (SSSR count). The average Bonchev–Trinajstić information content (AvgIpc) is 2.82. The van der Waals surface area contributed by atoms with E-state index in [0.717, 1.165) is 5.56 Å². The molecule has 1 amide bonds. The number of nitrogen functional groups attached to an aromatic ring is 1. The molecule has 1 aromatic carbocycles. The number of aliphatic hydroxyl groups is 1. The number of anilines is 1. The molecule has 0 aliphatic heterocycles. The van der Waals surface area contributed by atoms with E-state index in [-0.39, 0.29) is 19.1 Å². The summed E-state index contributed by atoms with van der Waals surface area (Å²) in [6.45, 7) is -0.0858. The first kappa shape index (κ1) is 13.1. The Hall–Kier alpha value is -2.34. The van der Waals surface area contributed by atoms with Crippen molar-refractivity contribution in [1.82, 2.24) is 15.1 Å². The van der Waals surface area contributed by atoms with Crippen molar-refractivity contribution in [3.05, 3.63) is 48.3 Å². The van der Waals surface area contributed by atoms with Gasteiger partial charge in [0.05, 0.1) is 24.5 Å². The van der Waals surface area contributed by atoms with Gasteiger partial charge in [-0.05, 0) is 5.56 Å². The number of nitrogens with two attached hydrogens (primary N) is 1. The van der Waals surface area contributed by atoms with E-state index in [1.165, 1.54) is 10.9 Å². The molecular formula is C13H16N4O2. The molecule has 2 aromatic rings. The zero-order valence-corrected chi connectivity index (χ0v) is 10.4. The van der Waals surface area contributed by atoms with Crippen LogP contribution in [0.25, 0.3) is 0 Å². The number of hydrogen-bond acceptors (Lipinski definition) is 4. The summed E-state index contributed by atoms with van der Waals surface area (Å²) in [6.07, 6.45) is 3.06. The van der Waals surface area contributed by atoms with Gasteiger partial charge in [-0.3, -0.25) is 9.48 Å². The minimum atomic E-state index is -0.415. The molecule has 1 atom stereocenters. The quantitative estimate of drug-likeness (QED) is 0.721. The Bertz CT molecular complexity index is 539. The van der Waals surface area contributed by atoms with Crippen LogP contribution in [0.2, 0.25) is 0 Å². The molecular weight excluding hydrogens is 244 g/mol. The smallest absolute Gasteiger partial charge is 0.242 e. The molecule has 0 aliphatic rings.